The first kappa shape index (κ1) is 17.0. The summed E-state index contributed by atoms with van der Waals surface area (Å²) >= 11 is 1.76. The molecule has 0 spiro atoms. The Morgan fingerprint density at radius 3 is 2.82 bits per heavy atom. The summed E-state index contributed by atoms with van der Waals surface area (Å²) in [7, 11) is -3.28. The van der Waals surface area contributed by atoms with Gasteiger partial charge in [0.1, 0.15) is 0 Å². The topological polar surface area (TPSA) is 79.4 Å². The quantitative estimate of drug-likeness (QED) is 0.766. The normalized spacial score (nSPS) is 16.7. The second kappa shape index (κ2) is 8.30. The van der Waals surface area contributed by atoms with Gasteiger partial charge < -0.3 is 5.32 Å². The standard InChI is InChI=1S/C14H19N3O3S2/c18-14(5-4-13-3-1-2-6-15-13)16-7-12-22(19,20)17-8-10-21-11-9-17/h1-6H,7-12H2,(H,16,18)/b5-4+. The maximum absolute atomic E-state index is 12.1. The van der Waals surface area contributed by atoms with Crippen molar-refractivity contribution in [2.75, 3.05) is 36.9 Å². The minimum absolute atomic E-state index is 0.0686. The van der Waals surface area contributed by atoms with Crippen LogP contribution < -0.4 is 5.32 Å². The van der Waals surface area contributed by atoms with Crippen molar-refractivity contribution in [1.82, 2.24) is 14.6 Å². The summed E-state index contributed by atoms with van der Waals surface area (Å²) in [6.45, 7) is 1.22. The molecule has 0 atom stereocenters. The molecule has 1 fully saturated rings. The van der Waals surface area contributed by atoms with Crippen molar-refractivity contribution in [3.63, 3.8) is 0 Å². The van der Waals surface area contributed by atoms with E-state index in [1.54, 1.807) is 36.2 Å². The van der Waals surface area contributed by atoms with Gasteiger partial charge in [0.25, 0.3) is 0 Å². The molecule has 0 unspecified atom stereocenters. The van der Waals surface area contributed by atoms with E-state index < -0.39 is 10.0 Å². The highest BCUT2D eigenvalue weighted by Gasteiger charge is 2.23. The van der Waals surface area contributed by atoms with Gasteiger partial charge in [-0.1, -0.05) is 6.07 Å². The maximum atomic E-state index is 12.1. The van der Waals surface area contributed by atoms with E-state index in [2.05, 4.69) is 10.3 Å². The molecule has 0 saturated carbocycles. The van der Waals surface area contributed by atoms with E-state index in [1.807, 2.05) is 6.07 Å². The van der Waals surface area contributed by atoms with Crippen LogP contribution in [0.25, 0.3) is 6.08 Å². The Morgan fingerprint density at radius 1 is 1.36 bits per heavy atom. The fourth-order valence-corrected chi connectivity index (χ4v) is 4.44. The van der Waals surface area contributed by atoms with Crippen molar-refractivity contribution in [2.24, 2.45) is 0 Å². The van der Waals surface area contributed by atoms with Crippen LogP contribution in [0, 0.1) is 0 Å². The van der Waals surface area contributed by atoms with Crippen molar-refractivity contribution < 1.29 is 13.2 Å². The van der Waals surface area contributed by atoms with E-state index in [9.17, 15) is 13.2 Å². The van der Waals surface area contributed by atoms with Gasteiger partial charge in [-0.3, -0.25) is 9.78 Å². The molecule has 22 heavy (non-hydrogen) atoms. The van der Waals surface area contributed by atoms with Crippen LogP contribution in [-0.2, 0) is 14.8 Å². The van der Waals surface area contributed by atoms with E-state index in [0.717, 1.165) is 11.5 Å². The predicted octanol–water partition coefficient (Wildman–Crippen LogP) is 0.590. The Kier molecular flexibility index (Phi) is 6.41. The number of nitrogens with one attached hydrogen (secondary N) is 1. The molecule has 120 valence electrons. The third-order valence-corrected chi connectivity index (χ3v) is 5.93. The number of carbonyl (C=O) groups is 1. The molecule has 2 heterocycles. The minimum atomic E-state index is -3.28. The zero-order valence-electron chi connectivity index (χ0n) is 12.1. The summed E-state index contributed by atoms with van der Waals surface area (Å²) in [5.41, 5.74) is 0.677. The first-order chi connectivity index (χ1) is 10.6. The van der Waals surface area contributed by atoms with Gasteiger partial charge in [0.2, 0.25) is 15.9 Å². The number of carbonyl (C=O) groups excluding carboxylic acids is 1. The number of amides is 1. The van der Waals surface area contributed by atoms with Gasteiger partial charge in [0.05, 0.1) is 11.4 Å². The largest absolute Gasteiger partial charge is 0.351 e. The fourth-order valence-electron chi connectivity index (χ4n) is 1.95. The second-order valence-corrected chi connectivity index (χ2v) is 8.02. The van der Waals surface area contributed by atoms with Crippen LogP contribution in [0.5, 0.6) is 0 Å². The first-order valence-corrected chi connectivity index (χ1v) is 9.77. The van der Waals surface area contributed by atoms with Crippen LogP contribution >= 0.6 is 11.8 Å². The van der Waals surface area contributed by atoms with E-state index in [-0.39, 0.29) is 18.2 Å². The first-order valence-electron chi connectivity index (χ1n) is 7.00. The van der Waals surface area contributed by atoms with E-state index in [1.165, 1.54) is 10.4 Å². The summed E-state index contributed by atoms with van der Waals surface area (Å²) < 4.78 is 25.7. The zero-order valence-corrected chi connectivity index (χ0v) is 13.8. The fraction of sp³-hybridized carbons (Fsp3) is 0.429. The number of hydrogen-bond acceptors (Lipinski definition) is 5. The molecule has 0 bridgehead atoms. The Labute approximate surface area is 135 Å². The number of thioether (sulfide) groups is 1. The molecule has 1 aromatic rings. The van der Waals surface area contributed by atoms with Crippen LogP contribution in [0.1, 0.15) is 5.69 Å². The van der Waals surface area contributed by atoms with Gasteiger partial charge in [0, 0.05) is 43.4 Å². The van der Waals surface area contributed by atoms with E-state index in [4.69, 9.17) is 0 Å². The molecule has 1 amide bonds. The SMILES string of the molecule is O=C(/C=C/c1ccccn1)NCCS(=O)(=O)N1CCSCC1. The van der Waals surface area contributed by atoms with E-state index >= 15 is 0 Å². The average molecular weight is 341 g/mol. The lowest BCUT2D eigenvalue weighted by Gasteiger charge is -2.25. The Hall–Kier alpha value is -1.38. The number of rotatable bonds is 6. The molecule has 8 heteroatoms. The molecule has 6 nitrogen and oxygen atoms in total. The Balaban J connectivity index is 1.75. The number of aromatic nitrogens is 1. The van der Waals surface area contributed by atoms with Crippen LogP contribution in [0.15, 0.2) is 30.5 Å². The number of pyridine rings is 1. The van der Waals surface area contributed by atoms with Crippen LogP contribution in [0.2, 0.25) is 0 Å². The average Bonchev–Trinajstić information content (AvgIpc) is 2.54. The molecule has 1 saturated heterocycles. The lowest BCUT2D eigenvalue weighted by molar-refractivity contribution is -0.116. The predicted molar refractivity (Wildman–Crippen MR) is 89.0 cm³/mol. The van der Waals surface area contributed by atoms with Crippen molar-refractivity contribution in [3.05, 3.63) is 36.2 Å². The lowest BCUT2D eigenvalue weighted by Crippen LogP contribution is -2.41. The van der Waals surface area contributed by atoms with Crippen molar-refractivity contribution in [1.29, 1.82) is 0 Å². The lowest BCUT2D eigenvalue weighted by atomic mass is 10.3. The van der Waals surface area contributed by atoms with Crippen molar-refractivity contribution >= 4 is 33.8 Å². The van der Waals surface area contributed by atoms with Crippen molar-refractivity contribution in [3.8, 4) is 0 Å². The highest BCUT2D eigenvalue weighted by molar-refractivity contribution is 7.99. The highest BCUT2D eigenvalue weighted by Crippen LogP contribution is 2.12. The van der Waals surface area contributed by atoms with Crippen LogP contribution in [-0.4, -0.2) is 60.5 Å². The van der Waals surface area contributed by atoms with Gasteiger partial charge >= 0.3 is 0 Å². The second-order valence-electron chi connectivity index (χ2n) is 4.71. The van der Waals surface area contributed by atoms with Gasteiger partial charge in [-0.05, 0) is 18.2 Å². The molecule has 1 N–H and O–H groups in total. The van der Waals surface area contributed by atoms with Crippen LogP contribution in [0.3, 0.4) is 0 Å². The zero-order chi connectivity index (χ0) is 15.8. The molecule has 1 aliphatic rings. The molecule has 2 rings (SSSR count). The summed E-state index contributed by atoms with van der Waals surface area (Å²) in [6, 6.07) is 5.40. The molecule has 1 aromatic heterocycles. The number of sulfonamides is 1. The van der Waals surface area contributed by atoms with Crippen molar-refractivity contribution in [2.45, 2.75) is 0 Å². The molecular weight excluding hydrogens is 322 g/mol. The number of nitrogens with zero attached hydrogens (tertiary/aromatic N) is 2. The van der Waals surface area contributed by atoms with Crippen LogP contribution in [0.4, 0.5) is 0 Å². The highest BCUT2D eigenvalue weighted by atomic mass is 32.2. The van der Waals surface area contributed by atoms with Gasteiger partial charge in [0.15, 0.2) is 0 Å². The Morgan fingerprint density at radius 2 is 2.14 bits per heavy atom. The van der Waals surface area contributed by atoms with E-state index in [0.29, 0.717) is 18.8 Å². The maximum Gasteiger partial charge on any atom is 0.244 e. The third kappa shape index (κ3) is 5.43. The number of hydrogen-bond donors (Lipinski definition) is 1. The van der Waals surface area contributed by atoms with Gasteiger partial charge in [-0.25, -0.2) is 12.7 Å². The summed E-state index contributed by atoms with van der Waals surface area (Å²) in [6.07, 6.45) is 4.58. The molecule has 0 aliphatic carbocycles. The van der Waals surface area contributed by atoms with Gasteiger partial charge in [-0.15, -0.1) is 0 Å². The summed E-state index contributed by atoms with van der Waals surface area (Å²) in [4.78, 5) is 15.7. The Bertz CT molecular complexity index is 611. The smallest absolute Gasteiger partial charge is 0.244 e. The van der Waals surface area contributed by atoms with Gasteiger partial charge in [-0.2, -0.15) is 11.8 Å². The minimum Gasteiger partial charge on any atom is -0.351 e. The molecule has 0 radical (unpaired) electrons. The monoisotopic (exact) mass is 341 g/mol. The molecular formula is C14H19N3O3S2. The summed E-state index contributed by atoms with van der Waals surface area (Å²) in [5, 5.41) is 2.58. The third-order valence-electron chi connectivity index (χ3n) is 3.12. The molecule has 0 aromatic carbocycles. The molecule has 1 aliphatic heterocycles. The summed E-state index contributed by atoms with van der Waals surface area (Å²) in [5.74, 6) is 1.27.